The van der Waals surface area contributed by atoms with Gasteiger partial charge in [-0.3, -0.25) is 4.79 Å². The van der Waals surface area contributed by atoms with Crippen LogP contribution < -0.4 is 10.6 Å². The van der Waals surface area contributed by atoms with Gasteiger partial charge in [0.2, 0.25) is 0 Å². The van der Waals surface area contributed by atoms with Crippen LogP contribution in [-0.4, -0.2) is 15.9 Å². The molecule has 0 aliphatic heterocycles. The fraction of sp³-hybridized carbons (Fsp3) is 0.150. The van der Waals surface area contributed by atoms with Crippen molar-refractivity contribution in [2.24, 2.45) is 0 Å². The number of amides is 1. The molecular weight excluding hydrogens is 312 g/mol. The number of benzene rings is 2. The van der Waals surface area contributed by atoms with Gasteiger partial charge < -0.3 is 10.6 Å². The van der Waals surface area contributed by atoms with E-state index in [0.29, 0.717) is 17.3 Å². The van der Waals surface area contributed by atoms with Crippen LogP contribution in [0.25, 0.3) is 0 Å². The highest BCUT2D eigenvalue weighted by molar-refractivity contribution is 6.03. The minimum atomic E-state index is -0.262. The first-order valence-corrected chi connectivity index (χ1v) is 8.07. The molecule has 1 heterocycles. The van der Waals surface area contributed by atoms with Gasteiger partial charge >= 0.3 is 0 Å². The molecule has 25 heavy (non-hydrogen) atoms. The third kappa shape index (κ3) is 4.20. The molecule has 2 N–H and O–H groups in total. The van der Waals surface area contributed by atoms with Crippen molar-refractivity contribution in [1.29, 1.82) is 0 Å². The van der Waals surface area contributed by atoms with Crippen molar-refractivity contribution in [2.45, 2.75) is 20.8 Å². The Kier molecular flexibility index (Phi) is 4.75. The number of para-hydroxylation sites is 1. The number of rotatable bonds is 4. The summed E-state index contributed by atoms with van der Waals surface area (Å²) < 4.78 is 0. The number of nitrogens with one attached hydrogen (secondary N) is 2. The molecule has 0 bridgehead atoms. The lowest BCUT2D eigenvalue weighted by molar-refractivity contribution is 0.102. The smallest absolute Gasteiger partial charge is 0.274 e. The van der Waals surface area contributed by atoms with Gasteiger partial charge in [-0.25, -0.2) is 9.97 Å². The number of anilines is 3. The van der Waals surface area contributed by atoms with Gasteiger partial charge in [0.15, 0.2) is 0 Å². The summed E-state index contributed by atoms with van der Waals surface area (Å²) in [7, 11) is 0. The van der Waals surface area contributed by atoms with Crippen LogP contribution >= 0.6 is 0 Å². The lowest BCUT2D eigenvalue weighted by Gasteiger charge is -2.11. The average molecular weight is 332 g/mol. The van der Waals surface area contributed by atoms with Crippen LogP contribution in [0.5, 0.6) is 0 Å². The third-order valence-electron chi connectivity index (χ3n) is 3.79. The lowest BCUT2D eigenvalue weighted by atomic mass is 10.2. The van der Waals surface area contributed by atoms with Gasteiger partial charge in [0.05, 0.1) is 0 Å². The Morgan fingerprint density at radius 2 is 1.64 bits per heavy atom. The summed E-state index contributed by atoms with van der Waals surface area (Å²) in [5.74, 6) is 0.866. The number of aromatic nitrogens is 2. The van der Waals surface area contributed by atoms with E-state index < -0.39 is 0 Å². The Morgan fingerprint density at radius 3 is 2.36 bits per heavy atom. The number of hydrogen-bond acceptors (Lipinski definition) is 4. The van der Waals surface area contributed by atoms with Gasteiger partial charge in [0.25, 0.3) is 5.91 Å². The molecule has 0 atom stereocenters. The molecule has 0 aliphatic carbocycles. The van der Waals surface area contributed by atoms with Crippen LogP contribution in [0.2, 0.25) is 0 Å². The molecule has 0 unspecified atom stereocenters. The van der Waals surface area contributed by atoms with Gasteiger partial charge in [-0.05, 0) is 44.5 Å². The van der Waals surface area contributed by atoms with Crippen molar-refractivity contribution in [2.75, 3.05) is 10.6 Å². The largest absolute Gasteiger partial charge is 0.340 e. The SMILES string of the molecule is Cc1ccc(NC(=O)c2cc(Nc3ccccc3C)nc(C)n2)cc1. The topological polar surface area (TPSA) is 66.9 Å². The van der Waals surface area contributed by atoms with E-state index in [0.717, 1.165) is 22.5 Å². The number of aryl methyl sites for hydroxylation is 3. The van der Waals surface area contributed by atoms with Crippen molar-refractivity contribution < 1.29 is 4.79 Å². The molecule has 1 amide bonds. The second-order valence-corrected chi connectivity index (χ2v) is 5.95. The van der Waals surface area contributed by atoms with E-state index in [1.54, 1.807) is 13.0 Å². The van der Waals surface area contributed by atoms with E-state index in [4.69, 9.17) is 0 Å². The van der Waals surface area contributed by atoms with Crippen molar-refractivity contribution in [3.05, 3.63) is 77.2 Å². The third-order valence-corrected chi connectivity index (χ3v) is 3.79. The summed E-state index contributed by atoms with van der Waals surface area (Å²) in [6.07, 6.45) is 0. The number of carbonyl (C=O) groups is 1. The summed E-state index contributed by atoms with van der Waals surface area (Å²) in [6.45, 7) is 5.79. The molecule has 0 aliphatic rings. The summed E-state index contributed by atoms with van der Waals surface area (Å²) >= 11 is 0. The fourth-order valence-corrected chi connectivity index (χ4v) is 2.43. The quantitative estimate of drug-likeness (QED) is 0.743. The first kappa shape index (κ1) is 16.6. The van der Waals surface area contributed by atoms with Gasteiger partial charge in [-0.1, -0.05) is 35.9 Å². The lowest BCUT2D eigenvalue weighted by Crippen LogP contribution is -2.15. The first-order chi connectivity index (χ1) is 12.0. The molecule has 0 saturated heterocycles. The maximum atomic E-state index is 12.5. The van der Waals surface area contributed by atoms with Crippen molar-refractivity contribution in [1.82, 2.24) is 9.97 Å². The molecule has 2 aromatic carbocycles. The molecule has 126 valence electrons. The molecule has 0 spiro atoms. The maximum Gasteiger partial charge on any atom is 0.274 e. The normalized spacial score (nSPS) is 10.4. The summed E-state index contributed by atoms with van der Waals surface area (Å²) in [6, 6.07) is 17.2. The number of nitrogens with zero attached hydrogens (tertiary/aromatic N) is 2. The molecule has 3 rings (SSSR count). The zero-order chi connectivity index (χ0) is 17.8. The molecule has 5 nitrogen and oxygen atoms in total. The van der Waals surface area contributed by atoms with Gasteiger partial charge in [-0.2, -0.15) is 0 Å². The van der Waals surface area contributed by atoms with Crippen molar-refractivity contribution in [3.63, 3.8) is 0 Å². The summed E-state index contributed by atoms with van der Waals surface area (Å²) in [5.41, 5.74) is 4.25. The molecule has 3 aromatic rings. The number of carbonyl (C=O) groups excluding carboxylic acids is 1. The second kappa shape index (κ2) is 7.13. The van der Waals surface area contributed by atoms with Crippen molar-refractivity contribution >= 4 is 23.1 Å². The van der Waals surface area contributed by atoms with E-state index in [1.807, 2.05) is 62.4 Å². The first-order valence-electron chi connectivity index (χ1n) is 8.07. The molecule has 1 aromatic heterocycles. The highest BCUT2D eigenvalue weighted by Gasteiger charge is 2.11. The predicted octanol–water partition coefficient (Wildman–Crippen LogP) is 4.40. The molecule has 0 fully saturated rings. The number of hydrogen-bond donors (Lipinski definition) is 2. The van der Waals surface area contributed by atoms with Crippen LogP contribution in [0.15, 0.2) is 54.6 Å². The molecule has 5 heteroatoms. The Balaban J connectivity index is 1.82. The minimum absolute atomic E-state index is 0.262. The van der Waals surface area contributed by atoms with Gasteiger partial charge in [0, 0.05) is 17.4 Å². The minimum Gasteiger partial charge on any atom is -0.340 e. The Hall–Kier alpha value is -3.21. The summed E-state index contributed by atoms with van der Waals surface area (Å²) in [4.78, 5) is 21.1. The van der Waals surface area contributed by atoms with Crippen LogP contribution in [0.4, 0.5) is 17.2 Å². The van der Waals surface area contributed by atoms with Crippen LogP contribution in [0.1, 0.15) is 27.4 Å². The zero-order valence-electron chi connectivity index (χ0n) is 14.5. The highest BCUT2D eigenvalue weighted by atomic mass is 16.1. The molecule has 0 saturated carbocycles. The second-order valence-electron chi connectivity index (χ2n) is 5.95. The zero-order valence-corrected chi connectivity index (χ0v) is 14.5. The average Bonchev–Trinajstić information content (AvgIpc) is 2.58. The Bertz CT molecular complexity index is 904. The van der Waals surface area contributed by atoms with Crippen LogP contribution in [0.3, 0.4) is 0 Å². The van der Waals surface area contributed by atoms with E-state index in [2.05, 4.69) is 20.6 Å². The Morgan fingerprint density at radius 1 is 0.920 bits per heavy atom. The monoisotopic (exact) mass is 332 g/mol. The van der Waals surface area contributed by atoms with Crippen molar-refractivity contribution in [3.8, 4) is 0 Å². The van der Waals surface area contributed by atoms with E-state index >= 15 is 0 Å². The van der Waals surface area contributed by atoms with Gasteiger partial charge in [-0.15, -0.1) is 0 Å². The predicted molar refractivity (Wildman–Crippen MR) is 100 cm³/mol. The van der Waals surface area contributed by atoms with E-state index in [-0.39, 0.29) is 5.91 Å². The Labute approximate surface area is 147 Å². The van der Waals surface area contributed by atoms with Crippen LogP contribution in [-0.2, 0) is 0 Å². The summed E-state index contributed by atoms with van der Waals surface area (Å²) in [5, 5.41) is 6.11. The van der Waals surface area contributed by atoms with Gasteiger partial charge in [0.1, 0.15) is 17.3 Å². The highest BCUT2D eigenvalue weighted by Crippen LogP contribution is 2.19. The van der Waals surface area contributed by atoms with E-state index in [9.17, 15) is 4.79 Å². The fourth-order valence-electron chi connectivity index (χ4n) is 2.43. The molecule has 0 radical (unpaired) electrons. The molecular formula is C20H20N4O. The van der Waals surface area contributed by atoms with E-state index in [1.165, 1.54) is 0 Å². The maximum absolute atomic E-state index is 12.5. The standard InChI is InChI=1S/C20H20N4O/c1-13-8-10-16(11-9-13)23-20(25)18-12-19(22-15(3)21-18)24-17-7-5-4-6-14(17)2/h4-12H,1-3H3,(H,23,25)(H,21,22,24). The van der Waals surface area contributed by atoms with Crippen LogP contribution in [0, 0.1) is 20.8 Å².